The van der Waals surface area contributed by atoms with Gasteiger partial charge in [-0.05, 0) is 56.7 Å². The lowest BCUT2D eigenvalue weighted by Crippen LogP contribution is -2.41. The first-order valence-electron chi connectivity index (χ1n) is 11.1. The highest BCUT2D eigenvalue weighted by atomic mass is 16.5. The zero-order valence-electron chi connectivity index (χ0n) is 18.8. The van der Waals surface area contributed by atoms with E-state index in [2.05, 4.69) is 10.3 Å². The summed E-state index contributed by atoms with van der Waals surface area (Å²) in [5.74, 6) is 1.22. The average molecular weight is 428 g/mol. The first-order chi connectivity index (χ1) is 15.0. The fourth-order valence-electron chi connectivity index (χ4n) is 4.10. The van der Waals surface area contributed by atoms with Crippen LogP contribution in [0.2, 0.25) is 0 Å². The molecule has 0 aliphatic carbocycles. The van der Waals surface area contributed by atoms with Crippen LogP contribution in [0.1, 0.15) is 49.2 Å². The van der Waals surface area contributed by atoms with Crippen molar-refractivity contribution in [2.24, 2.45) is 5.92 Å². The number of amides is 2. The van der Waals surface area contributed by atoms with Gasteiger partial charge in [0.15, 0.2) is 5.69 Å². The fourth-order valence-corrected chi connectivity index (χ4v) is 4.10. The second-order valence-electron chi connectivity index (χ2n) is 8.00. The Morgan fingerprint density at radius 1 is 1.26 bits per heavy atom. The minimum absolute atomic E-state index is 0.0887. The Balaban J connectivity index is 1.52. The van der Waals surface area contributed by atoms with E-state index in [1.54, 1.807) is 22.9 Å². The molecule has 31 heavy (non-hydrogen) atoms. The summed E-state index contributed by atoms with van der Waals surface area (Å²) in [5.41, 5.74) is 1.49. The van der Waals surface area contributed by atoms with E-state index < -0.39 is 0 Å². The molecular weight excluding hydrogens is 394 g/mol. The number of ether oxygens (including phenoxy) is 1. The van der Waals surface area contributed by atoms with Crippen LogP contribution in [0.4, 0.5) is 0 Å². The highest BCUT2D eigenvalue weighted by molar-refractivity contribution is 5.91. The van der Waals surface area contributed by atoms with Crippen LogP contribution < -0.4 is 4.74 Å². The fraction of sp³-hybridized carbons (Fsp3) is 0.565. The van der Waals surface area contributed by atoms with Crippen LogP contribution in [0.15, 0.2) is 30.5 Å². The summed E-state index contributed by atoms with van der Waals surface area (Å²) in [4.78, 5) is 28.9. The SMILES string of the molecule is CCN(CC)C(=O)c1cn(C[C@@H]2CCCN(C(=O)CCc3cccc(OC)c3)C2)nn1. The van der Waals surface area contributed by atoms with Crippen molar-refractivity contribution in [1.82, 2.24) is 24.8 Å². The van der Waals surface area contributed by atoms with Gasteiger partial charge in [0.25, 0.3) is 5.91 Å². The normalized spacial score (nSPS) is 16.2. The summed E-state index contributed by atoms with van der Waals surface area (Å²) < 4.78 is 7.00. The standard InChI is InChI=1S/C23H33N5O3/c1-4-26(5-2)23(30)21-17-28(25-24-21)16-19-9-7-13-27(15-19)22(29)12-11-18-8-6-10-20(14-18)31-3/h6,8,10,14,17,19H,4-5,7,9,11-13,15-16H2,1-3H3/t19-/m1/s1. The molecule has 8 nitrogen and oxygen atoms in total. The van der Waals surface area contributed by atoms with Crippen LogP contribution in [0, 0.1) is 5.92 Å². The number of benzene rings is 1. The Morgan fingerprint density at radius 3 is 2.81 bits per heavy atom. The molecular formula is C23H33N5O3. The minimum atomic E-state index is -0.0887. The third-order valence-electron chi connectivity index (χ3n) is 5.89. The van der Waals surface area contributed by atoms with Crippen molar-refractivity contribution in [2.45, 2.75) is 46.1 Å². The molecule has 0 spiro atoms. The topological polar surface area (TPSA) is 80.6 Å². The van der Waals surface area contributed by atoms with Crippen molar-refractivity contribution in [3.63, 3.8) is 0 Å². The predicted molar refractivity (Wildman–Crippen MR) is 118 cm³/mol. The number of carbonyl (C=O) groups excluding carboxylic acids is 2. The number of methoxy groups -OCH3 is 1. The van der Waals surface area contributed by atoms with Gasteiger partial charge in [0.1, 0.15) is 5.75 Å². The van der Waals surface area contributed by atoms with Crippen molar-refractivity contribution < 1.29 is 14.3 Å². The second-order valence-corrected chi connectivity index (χ2v) is 8.00. The molecule has 0 radical (unpaired) electrons. The molecule has 8 heteroatoms. The number of rotatable bonds is 9. The molecule has 3 rings (SSSR count). The average Bonchev–Trinajstić information content (AvgIpc) is 3.27. The largest absolute Gasteiger partial charge is 0.497 e. The van der Waals surface area contributed by atoms with Gasteiger partial charge in [0, 0.05) is 39.1 Å². The monoisotopic (exact) mass is 427 g/mol. The Morgan fingerprint density at radius 2 is 2.06 bits per heavy atom. The molecule has 1 saturated heterocycles. The summed E-state index contributed by atoms with van der Waals surface area (Å²) in [5, 5.41) is 8.21. The third-order valence-corrected chi connectivity index (χ3v) is 5.89. The van der Waals surface area contributed by atoms with Crippen LogP contribution in [0.25, 0.3) is 0 Å². The van der Waals surface area contributed by atoms with Crippen molar-refractivity contribution in [2.75, 3.05) is 33.3 Å². The Hall–Kier alpha value is -2.90. The number of aromatic nitrogens is 3. The van der Waals surface area contributed by atoms with Crippen LogP contribution in [0.3, 0.4) is 0 Å². The van der Waals surface area contributed by atoms with E-state index in [-0.39, 0.29) is 11.8 Å². The molecule has 0 saturated carbocycles. The number of nitrogens with zero attached hydrogens (tertiary/aromatic N) is 5. The van der Waals surface area contributed by atoms with Gasteiger partial charge in [-0.3, -0.25) is 14.3 Å². The van der Waals surface area contributed by atoms with E-state index in [1.165, 1.54) is 0 Å². The molecule has 2 heterocycles. The van der Waals surface area contributed by atoms with Gasteiger partial charge in [-0.25, -0.2) is 0 Å². The van der Waals surface area contributed by atoms with Crippen molar-refractivity contribution in [3.8, 4) is 5.75 Å². The molecule has 2 amide bonds. The van der Waals surface area contributed by atoms with Gasteiger partial charge in [0.2, 0.25) is 5.91 Å². The highest BCUT2D eigenvalue weighted by Crippen LogP contribution is 2.20. The van der Waals surface area contributed by atoms with E-state index >= 15 is 0 Å². The highest BCUT2D eigenvalue weighted by Gasteiger charge is 2.25. The Labute approximate surface area is 184 Å². The summed E-state index contributed by atoms with van der Waals surface area (Å²) in [6, 6.07) is 7.86. The van der Waals surface area contributed by atoms with Gasteiger partial charge in [-0.1, -0.05) is 17.3 Å². The van der Waals surface area contributed by atoms with E-state index in [9.17, 15) is 9.59 Å². The van der Waals surface area contributed by atoms with E-state index in [0.29, 0.717) is 44.1 Å². The zero-order chi connectivity index (χ0) is 22.2. The minimum Gasteiger partial charge on any atom is -0.497 e. The quantitative estimate of drug-likeness (QED) is 0.615. The van der Waals surface area contributed by atoms with Crippen molar-refractivity contribution >= 4 is 11.8 Å². The molecule has 1 aliphatic rings. The molecule has 1 fully saturated rings. The predicted octanol–water partition coefficient (Wildman–Crippen LogP) is 2.64. The number of hydrogen-bond acceptors (Lipinski definition) is 5. The zero-order valence-corrected chi connectivity index (χ0v) is 18.8. The van der Waals surface area contributed by atoms with Gasteiger partial charge >= 0.3 is 0 Å². The lowest BCUT2D eigenvalue weighted by atomic mass is 9.97. The number of aryl methyl sites for hydroxylation is 1. The summed E-state index contributed by atoms with van der Waals surface area (Å²) >= 11 is 0. The molecule has 1 atom stereocenters. The van der Waals surface area contributed by atoms with Gasteiger partial charge < -0.3 is 14.5 Å². The molecule has 0 bridgehead atoms. The number of carbonyl (C=O) groups is 2. The summed E-state index contributed by atoms with van der Waals surface area (Å²) in [6.45, 7) is 7.39. The van der Waals surface area contributed by atoms with Crippen LogP contribution in [0.5, 0.6) is 5.75 Å². The maximum Gasteiger partial charge on any atom is 0.276 e. The molecule has 1 aromatic carbocycles. The Bertz CT molecular complexity index is 878. The number of hydrogen-bond donors (Lipinski definition) is 0. The van der Waals surface area contributed by atoms with E-state index in [0.717, 1.165) is 37.2 Å². The lowest BCUT2D eigenvalue weighted by molar-refractivity contribution is -0.133. The van der Waals surface area contributed by atoms with Crippen LogP contribution >= 0.6 is 0 Å². The van der Waals surface area contributed by atoms with Crippen molar-refractivity contribution in [1.29, 1.82) is 0 Å². The summed E-state index contributed by atoms with van der Waals surface area (Å²) in [6.07, 6.45) is 4.95. The maximum absolute atomic E-state index is 12.8. The molecule has 168 valence electrons. The van der Waals surface area contributed by atoms with Gasteiger partial charge in [0.05, 0.1) is 13.3 Å². The van der Waals surface area contributed by atoms with E-state index in [1.807, 2.05) is 43.0 Å². The molecule has 0 N–H and O–H groups in total. The van der Waals surface area contributed by atoms with Gasteiger partial charge in [-0.2, -0.15) is 0 Å². The molecule has 1 aliphatic heterocycles. The van der Waals surface area contributed by atoms with E-state index in [4.69, 9.17) is 4.74 Å². The molecule has 1 aromatic heterocycles. The maximum atomic E-state index is 12.8. The molecule has 0 unspecified atom stereocenters. The van der Waals surface area contributed by atoms with Crippen molar-refractivity contribution in [3.05, 3.63) is 41.7 Å². The first-order valence-corrected chi connectivity index (χ1v) is 11.1. The second kappa shape index (κ2) is 10.9. The lowest BCUT2D eigenvalue weighted by Gasteiger charge is -2.32. The smallest absolute Gasteiger partial charge is 0.276 e. The van der Waals surface area contributed by atoms with Crippen LogP contribution in [-0.4, -0.2) is 69.9 Å². The van der Waals surface area contributed by atoms with Gasteiger partial charge in [-0.15, -0.1) is 5.10 Å². The number of piperidine rings is 1. The Kier molecular flexibility index (Phi) is 8.03. The third kappa shape index (κ3) is 6.06. The van der Waals surface area contributed by atoms with Crippen LogP contribution in [-0.2, 0) is 17.8 Å². The first kappa shape index (κ1) is 22.8. The molecule has 2 aromatic rings. The number of likely N-dealkylation sites (tertiary alicyclic amines) is 1. The summed E-state index contributed by atoms with van der Waals surface area (Å²) in [7, 11) is 1.65.